The molecule has 0 aliphatic rings. The standard InChI is InChI=1S/C6H8O6/c7-4(8)1-3(6(11)12)2-5(9)10/h1,5,9-10H,2H2,(H,7,8)(H,11,12)/b3-1+. The normalized spacial score (nSPS) is 11.8. The topological polar surface area (TPSA) is 115 Å². The molecule has 0 aromatic carbocycles. The average Bonchev–Trinajstić information content (AvgIpc) is 1.83. The first kappa shape index (κ1) is 10.6. The van der Waals surface area contributed by atoms with Crippen molar-refractivity contribution in [1.82, 2.24) is 0 Å². The van der Waals surface area contributed by atoms with Crippen molar-refractivity contribution in [3.8, 4) is 0 Å². The van der Waals surface area contributed by atoms with Crippen LogP contribution in [0.15, 0.2) is 11.6 Å². The first-order chi connectivity index (χ1) is 5.43. The average molecular weight is 176 g/mol. The number of aliphatic hydroxyl groups is 2. The molecule has 0 saturated heterocycles. The van der Waals surface area contributed by atoms with Crippen molar-refractivity contribution >= 4 is 11.9 Å². The van der Waals surface area contributed by atoms with Crippen LogP contribution in [0.4, 0.5) is 0 Å². The lowest BCUT2D eigenvalue weighted by molar-refractivity contribution is -0.136. The summed E-state index contributed by atoms with van der Waals surface area (Å²) in [6, 6.07) is 0. The third-order valence-electron chi connectivity index (χ3n) is 0.975. The van der Waals surface area contributed by atoms with Crippen LogP contribution in [0.25, 0.3) is 0 Å². The summed E-state index contributed by atoms with van der Waals surface area (Å²) in [5.74, 6) is -2.92. The van der Waals surface area contributed by atoms with Crippen LogP contribution in [0.3, 0.4) is 0 Å². The fourth-order valence-electron chi connectivity index (χ4n) is 0.554. The van der Waals surface area contributed by atoms with Gasteiger partial charge >= 0.3 is 11.9 Å². The van der Waals surface area contributed by atoms with Crippen LogP contribution in [0.5, 0.6) is 0 Å². The maximum Gasteiger partial charge on any atom is 0.332 e. The Morgan fingerprint density at radius 1 is 1.25 bits per heavy atom. The fraction of sp³-hybridized carbons (Fsp3) is 0.333. The zero-order valence-corrected chi connectivity index (χ0v) is 5.97. The van der Waals surface area contributed by atoms with E-state index in [0.29, 0.717) is 6.08 Å². The number of aliphatic carboxylic acids is 2. The second-order valence-corrected chi connectivity index (χ2v) is 2.00. The summed E-state index contributed by atoms with van der Waals surface area (Å²) in [5, 5.41) is 33.1. The minimum absolute atomic E-state index is 0.418. The van der Waals surface area contributed by atoms with Crippen molar-refractivity contribution in [3.05, 3.63) is 11.6 Å². The highest BCUT2D eigenvalue weighted by atomic mass is 16.5. The highest BCUT2D eigenvalue weighted by Crippen LogP contribution is 2.03. The van der Waals surface area contributed by atoms with Gasteiger partial charge in [-0.3, -0.25) is 0 Å². The molecule has 0 saturated carbocycles. The molecule has 0 atom stereocenters. The minimum Gasteiger partial charge on any atom is -0.478 e. The van der Waals surface area contributed by atoms with Gasteiger partial charge in [-0.25, -0.2) is 9.59 Å². The summed E-state index contributed by atoms with van der Waals surface area (Å²) >= 11 is 0. The van der Waals surface area contributed by atoms with Crippen LogP contribution in [-0.2, 0) is 9.59 Å². The smallest absolute Gasteiger partial charge is 0.332 e. The highest BCUT2D eigenvalue weighted by molar-refractivity contribution is 5.94. The van der Waals surface area contributed by atoms with E-state index in [2.05, 4.69) is 0 Å². The van der Waals surface area contributed by atoms with Gasteiger partial charge in [-0.2, -0.15) is 0 Å². The molecule has 0 aromatic rings. The molecule has 0 bridgehead atoms. The fourth-order valence-corrected chi connectivity index (χ4v) is 0.554. The molecule has 0 radical (unpaired) electrons. The lowest BCUT2D eigenvalue weighted by Gasteiger charge is -2.02. The number of aliphatic hydroxyl groups excluding tert-OH is 1. The van der Waals surface area contributed by atoms with E-state index >= 15 is 0 Å². The summed E-state index contributed by atoms with van der Waals surface area (Å²) in [6.45, 7) is 0. The molecular formula is C6H8O6. The molecule has 4 N–H and O–H groups in total. The third kappa shape index (κ3) is 4.42. The van der Waals surface area contributed by atoms with E-state index in [1.165, 1.54) is 0 Å². The van der Waals surface area contributed by atoms with Gasteiger partial charge in [0.25, 0.3) is 0 Å². The molecule has 0 fully saturated rings. The van der Waals surface area contributed by atoms with E-state index in [1.807, 2.05) is 0 Å². The van der Waals surface area contributed by atoms with Gasteiger partial charge in [0, 0.05) is 18.1 Å². The number of carboxylic acids is 2. The van der Waals surface area contributed by atoms with Crippen LogP contribution in [0, 0.1) is 0 Å². The van der Waals surface area contributed by atoms with Crippen LogP contribution < -0.4 is 0 Å². The summed E-state index contributed by atoms with van der Waals surface area (Å²) in [4.78, 5) is 20.2. The zero-order valence-electron chi connectivity index (χ0n) is 5.97. The predicted molar refractivity (Wildman–Crippen MR) is 36.2 cm³/mol. The van der Waals surface area contributed by atoms with Crippen molar-refractivity contribution < 1.29 is 30.0 Å². The third-order valence-corrected chi connectivity index (χ3v) is 0.975. The molecule has 0 rings (SSSR count). The predicted octanol–water partition coefficient (Wildman–Crippen LogP) is -1.22. The molecule has 6 heteroatoms. The maximum absolute atomic E-state index is 10.2. The Kier molecular flexibility index (Phi) is 3.95. The Hall–Kier alpha value is -1.40. The molecule has 68 valence electrons. The van der Waals surface area contributed by atoms with E-state index in [-0.39, 0.29) is 0 Å². The van der Waals surface area contributed by atoms with Crippen molar-refractivity contribution in [3.63, 3.8) is 0 Å². The number of carbonyl (C=O) groups is 2. The SMILES string of the molecule is O=C(O)/C=C(\CC(O)O)C(=O)O. The zero-order chi connectivity index (χ0) is 9.72. The van der Waals surface area contributed by atoms with Crippen LogP contribution >= 0.6 is 0 Å². The second-order valence-electron chi connectivity index (χ2n) is 2.00. The molecule has 0 amide bonds. The van der Waals surface area contributed by atoms with Gasteiger partial charge in [-0.1, -0.05) is 0 Å². The Balaban J connectivity index is 4.44. The molecule has 6 nitrogen and oxygen atoms in total. The summed E-state index contributed by atoms with van der Waals surface area (Å²) in [7, 11) is 0. The Morgan fingerprint density at radius 2 is 1.75 bits per heavy atom. The molecule has 0 aliphatic carbocycles. The van der Waals surface area contributed by atoms with Crippen molar-refractivity contribution in [2.45, 2.75) is 12.7 Å². The van der Waals surface area contributed by atoms with Gasteiger partial charge in [0.05, 0.1) is 0 Å². The number of carboxylic acid groups (broad SMARTS) is 2. The summed E-state index contributed by atoms with van der Waals surface area (Å²) < 4.78 is 0. The lowest BCUT2D eigenvalue weighted by atomic mass is 10.2. The monoisotopic (exact) mass is 176 g/mol. The van der Waals surface area contributed by atoms with Gasteiger partial charge in [0.2, 0.25) is 0 Å². The van der Waals surface area contributed by atoms with E-state index in [1.54, 1.807) is 0 Å². The molecular weight excluding hydrogens is 168 g/mol. The van der Waals surface area contributed by atoms with E-state index < -0.39 is 30.2 Å². The largest absolute Gasteiger partial charge is 0.478 e. The van der Waals surface area contributed by atoms with E-state index in [9.17, 15) is 9.59 Å². The van der Waals surface area contributed by atoms with E-state index in [0.717, 1.165) is 0 Å². The van der Waals surface area contributed by atoms with Crippen LogP contribution in [-0.4, -0.2) is 38.7 Å². The van der Waals surface area contributed by atoms with Gasteiger partial charge in [0.1, 0.15) is 0 Å². The molecule has 0 aromatic heterocycles. The summed E-state index contributed by atoms with van der Waals surface area (Å²) in [5.41, 5.74) is -0.558. The van der Waals surface area contributed by atoms with Gasteiger partial charge in [-0.15, -0.1) is 0 Å². The minimum atomic E-state index is -1.85. The molecule has 0 aliphatic heterocycles. The first-order valence-electron chi connectivity index (χ1n) is 2.96. The van der Waals surface area contributed by atoms with Crippen molar-refractivity contribution in [2.75, 3.05) is 0 Å². The Bertz CT molecular complexity index is 216. The van der Waals surface area contributed by atoms with Gasteiger partial charge in [-0.05, 0) is 0 Å². The van der Waals surface area contributed by atoms with Crippen molar-refractivity contribution in [2.24, 2.45) is 0 Å². The van der Waals surface area contributed by atoms with Crippen LogP contribution in [0.1, 0.15) is 6.42 Å². The first-order valence-corrected chi connectivity index (χ1v) is 2.96. The van der Waals surface area contributed by atoms with Gasteiger partial charge < -0.3 is 20.4 Å². The van der Waals surface area contributed by atoms with Crippen LogP contribution in [0.2, 0.25) is 0 Å². The maximum atomic E-state index is 10.2. The van der Waals surface area contributed by atoms with Gasteiger partial charge in [0.15, 0.2) is 6.29 Å². The molecule has 0 heterocycles. The lowest BCUT2D eigenvalue weighted by Crippen LogP contribution is -2.12. The Morgan fingerprint density at radius 3 is 2.00 bits per heavy atom. The van der Waals surface area contributed by atoms with Crippen molar-refractivity contribution in [1.29, 1.82) is 0 Å². The second kappa shape index (κ2) is 4.47. The summed E-state index contributed by atoms with van der Waals surface area (Å²) in [6.07, 6.45) is -2.05. The number of hydrogen-bond acceptors (Lipinski definition) is 4. The number of rotatable bonds is 4. The molecule has 0 unspecified atom stereocenters. The Labute approximate surface area is 67.4 Å². The highest BCUT2D eigenvalue weighted by Gasteiger charge is 2.12. The number of hydrogen-bond donors (Lipinski definition) is 4. The van der Waals surface area contributed by atoms with E-state index in [4.69, 9.17) is 20.4 Å². The molecule has 0 spiro atoms. The molecule has 12 heavy (non-hydrogen) atoms. The quantitative estimate of drug-likeness (QED) is 0.315.